The van der Waals surface area contributed by atoms with Crippen LogP contribution in [0.3, 0.4) is 0 Å². The molecule has 0 N–H and O–H groups in total. The smallest absolute Gasteiger partial charge is 0.254 e. The lowest BCUT2D eigenvalue weighted by Gasteiger charge is -2.33. The SMILES string of the molecule is CCc1ccccc1C(=O)N1CCC[C@@H](Oc2nccc(C#N)c2C)C1. The van der Waals surface area contributed by atoms with Crippen molar-refractivity contribution in [2.45, 2.75) is 39.2 Å². The molecule has 1 saturated heterocycles. The molecule has 2 heterocycles. The number of pyridine rings is 1. The molecule has 0 aliphatic carbocycles. The molecule has 0 radical (unpaired) electrons. The number of carbonyl (C=O) groups excluding carboxylic acids is 1. The molecule has 1 aromatic carbocycles. The van der Waals surface area contributed by atoms with Crippen LogP contribution in [0.5, 0.6) is 5.88 Å². The summed E-state index contributed by atoms with van der Waals surface area (Å²) in [6.45, 7) is 5.17. The molecule has 0 unspecified atom stereocenters. The molecule has 3 rings (SSSR count). The second-order valence-electron chi connectivity index (χ2n) is 6.54. The molecule has 2 aromatic rings. The Balaban J connectivity index is 1.74. The Bertz CT molecular complexity index is 841. The molecule has 0 bridgehead atoms. The van der Waals surface area contributed by atoms with Gasteiger partial charge in [-0.15, -0.1) is 0 Å². The predicted molar refractivity (Wildman–Crippen MR) is 99.1 cm³/mol. The van der Waals surface area contributed by atoms with E-state index in [1.165, 1.54) is 0 Å². The number of nitrogens with zero attached hydrogens (tertiary/aromatic N) is 3. The minimum absolute atomic E-state index is 0.0613. The van der Waals surface area contributed by atoms with Gasteiger partial charge in [-0.3, -0.25) is 4.79 Å². The van der Waals surface area contributed by atoms with E-state index in [4.69, 9.17) is 10.00 Å². The Morgan fingerprint density at radius 3 is 2.96 bits per heavy atom. The predicted octanol–water partition coefficient (Wildman–Crippen LogP) is 3.51. The fourth-order valence-corrected chi connectivity index (χ4v) is 3.34. The van der Waals surface area contributed by atoms with Gasteiger partial charge in [-0.2, -0.15) is 5.26 Å². The van der Waals surface area contributed by atoms with Crippen molar-refractivity contribution < 1.29 is 9.53 Å². The minimum Gasteiger partial charge on any atom is -0.472 e. The molecule has 26 heavy (non-hydrogen) atoms. The number of carbonyl (C=O) groups is 1. The number of hydrogen-bond acceptors (Lipinski definition) is 4. The van der Waals surface area contributed by atoms with Crippen molar-refractivity contribution >= 4 is 5.91 Å². The first-order valence-corrected chi connectivity index (χ1v) is 9.03. The van der Waals surface area contributed by atoms with E-state index in [2.05, 4.69) is 18.0 Å². The summed E-state index contributed by atoms with van der Waals surface area (Å²) in [5, 5.41) is 9.15. The van der Waals surface area contributed by atoms with Gasteiger partial charge < -0.3 is 9.64 Å². The van der Waals surface area contributed by atoms with Crippen LogP contribution >= 0.6 is 0 Å². The molecule has 1 fully saturated rings. The number of amides is 1. The van der Waals surface area contributed by atoms with Gasteiger partial charge in [0.15, 0.2) is 0 Å². The first kappa shape index (κ1) is 17.9. The summed E-state index contributed by atoms with van der Waals surface area (Å²) < 4.78 is 6.05. The molecular weight excluding hydrogens is 326 g/mol. The molecule has 0 saturated carbocycles. The van der Waals surface area contributed by atoms with Crippen molar-refractivity contribution in [1.29, 1.82) is 5.26 Å². The van der Waals surface area contributed by atoms with E-state index >= 15 is 0 Å². The number of benzene rings is 1. The number of nitriles is 1. The van der Waals surface area contributed by atoms with Crippen molar-refractivity contribution in [2.75, 3.05) is 13.1 Å². The highest BCUT2D eigenvalue weighted by atomic mass is 16.5. The second kappa shape index (κ2) is 8.01. The number of rotatable bonds is 4. The molecule has 1 atom stereocenters. The zero-order valence-corrected chi connectivity index (χ0v) is 15.2. The highest BCUT2D eigenvalue weighted by molar-refractivity contribution is 5.95. The van der Waals surface area contributed by atoms with Crippen molar-refractivity contribution in [3.05, 3.63) is 58.8 Å². The topological polar surface area (TPSA) is 66.2 Å². The highest BCUT2D eigenvalue weighted by Gasteiger charge is 2.27. The molecule has 5 heteroatoms. The van der Waals surface area contributed by atoms with Gasteiger partial charge >= 0.3 is 0 Å². The Morgan fingerprint density at radius 2 is 2.19 bits per heavy atom. The third kappa shape index (κ3) is 3.70. The quantitative estimate of drug-likeness (QED) is 0.847. The Morgan fingerprint density at radius 1 is 1.38 bits per heavy atom. The largest absolute Gasteiger partial charge is 0.472 e. The van der Waals surface area contributed by atoms with Crippen molar-refractivity contribution in [2.24, 2.45) is 0 Å². The van der Waals surface area contributed by atoms with Gasteiger partial charge in [0.05, 0.1) is 18.2 Å². The molecule has 1 aromatic heterocycles. The molecule has 134 valence electrons. The van der Waals surface area contributed by atoms with Crippen molar-refractivity contribution in [3.63, 3.8) is 0 Å². The average Bonchev–Trinajstić information content (AvgIpc) is 2.69. The Hall–Kier alpha value is -2.87. The zero-order chi connectivity index (χ0) is 18.5. The number of ether oxygens (including phenoxy) is 1. The van der Waals surface area contributed by atoms with Crippen LogP contribution in [0.15, 0.2) is 36.5 Å². The molecule has 1 amide bonds. The minimum atomic E-state index is -0.110. The lowest BCUT2D eigenvalue weighted by Crippen LogP contribution is -2.44. The molecule has 1 aliphatic heterocycles. The van der Waals surface area contributed by atoms with Gasteiger partial charge in [0.2, 0.25) is 5.88 Å². The lowest BCUT2D eigenvalue weighted by molar-refractivity contribution is 0.0525. The second-order valence-corrected chi connectivity index (χ2v) is 6.54. The maximum absolute atomic E-state index is 13.0. The third-order valence-electron chi connectivity index (χ3n) is 4.85. The number of piperidine rings is 1. The van der Waals surface area contributed by atoms with Crippen molar-refractivity contribution in [1.82, 2.24) is 9.88 Å². The fourth-order valence-electron chi connectivity index (χ4n) is 3.34. The summed E-state index contributed by atoms with van der Waals surface area (Å²) >= 11 is 0. The van der Waals surface area contributed by atoms with Crippen molar-refractivity contribution in [3.8, 4) is 11.9 Å². The van der Waals surface area contributed by atoms with Crippen LogP contribution in [-0.2, 0) is 6.42 Å². The maximum atomic E-state index is 13.0. The van der Waals surface area contributed by atoms with Crippen LogP contribution in [0, 0.1) is 18.3 Å². The molecule has 5 nitrogen and oxygen atoms in total. The van der Waals surface area contributed by atoms with E-state index in [1.807, 2.05) is 36.1 Å². The molecular formula is C21H23N3O2. The van der Waals surface area contributed by atoms with Crippen LogP contribution in [0.25, 0.3) is 0 Å². The average molecular weight is 349 g/mol. The summed E-state index contributed by atoms with van der Waals surface area (Å²) in [5.74, 6) is 0.545. The van der Waals surface area contributed by atoms with Gasteiger partial charge in [-0.25, -0.2) is 4.98 Å². The van der Waals surface area contributed by atoms with E-state index in [1.54, 1.807) is 12.3 Å². The number of likely N-dealkylation sites (tertiary alicyclic amines) is 1. The van der Waals surface area contributed by atoms with E-state index in [0.717, 1.165) is 42.5 Å². The van der Waals surface area contributed by atoms with E-state index in [-0.39, 0.29) is 12.0 Å². The summed E-state index contributed by atoms with van der Waals surface area (Å²) in [4.78, 5) is 19.1. The maximum Gasteiger partial charge on any atom is 0.254 e. The lowest BCUT2D eigenvalue weighted by atomic mass is 10.0. The summed E-state index contributed by atoms with van der Waals surface area (Å²) in [7, 11) is 0. The first-order valence-electron chi connectivity index (χ1n) is 9.03. The standard InChI is InChI=1S/C21H23N3O2/c1-3-16-7-4-5-9-19(16)21(25)24-12-6-8-18(14-24)26-20-15(2)17(13-22)10-11-23-20/h4-5,7,9-11,18H,3,6,8,12,14H2,1-2H3/t18-/m1/s1. The van der Waals surface area contributed by atoms with Gasteiger partial charge in [0, 0.05) is 23.9 Å². The fraction of sp³-hybridized carbons (Fsp3) is 0.381. The molecule has 1 aliphatic rings. The van der Waals surface area contributed by atoms with Crippen LogP contribution in [-0.4, -0.2) is 35.0 Å². The van der Waals surface area contributed by atoms with E-state index in [0.29, 0.717) is 18.0 Å². The van der Waals surface area contributed by atoms with E-state index in [9.17, 15) is 4.79 Å². The van der Waals surface area contributed by atoms with Crippen LogP contribution in [0.4, 0.5) is 0 Å². The normalized spacial score (nSPS) is 16.8. The Kier molecular flexibility index (Phi) is 5.52. The third-order valence-corrected chi connectivity index (χ3v) is 4.85. The summed E-state index contributed by atoms with van der Waals surface area (Å²) in [6.07, 6.45) is 4.07. The van der Waals surface area contributed by atoms with Gasteiger partial charge in [0.25, 0.3) is 5.91 Å². The highest BCUT2D eigenvalue weighted by Crippen LogP contribution is 2.23. The van der Waals surface area contributed by atoms with Gasteiger partial charge in [0.1, 0.15) is 6.10 Å². The van der Waals surface area contributed by atoms with Crippen LogP contribution in [0.2, 0.25) is 0 Å². The summed E-state index contributed by atoms with van der Waals surface area (Å²) in [5.41, 5.74) is 3.15. The van der Waals surface area contributed by atoms with Crippen LogP contribution < -0.4 is 4.74 Å². The summed E-state index contributed by atoms with van der Waals surface area (Å²) in [6, 6.07) is 11.6. The number of aryl methyl sites for hydroxylation is 1. The van der Waals surface area contributed by atoms with Gasteiger partial charge in [-0.1, -0.05) is 25.1 Å². The number of aromatic nitrogens is 1. The van der Waals surface area contributed by atoms with E-state index < -0.39 is 0 Å². The zero-order valence-electron chi connectivity index (χ0n) is 15.2. The Labute approximate surface area is 154 Å². The first-order chi connectivity index (χ1) is 12.6. The van der Waals surface area contributed by atoms with Gasteiger partial charge in [-0.05, 0) is 43.9 Å². The monoisotopic (exact) mass is 349 g/mol. The molecule has 0 spiro atoms. The van der Waals surface area contributed by atoms with Crippen LogP contribution in [0.1, 0.15) is 46.8 Å². The number of hydrogen-bond donors (Lipinski definition) is 0.